The molecule has 0 aliphatic heterocycles. The Morgan fingerprint density at radius 3 is 2.07 bits per heavy atom. The van der Waals surface area contributed by atoms with E-state index in [4.69, 9.17) is 0 Å². The van der Waals surface area contributed by atoms with Crippen molar-refractivity contribution < 1.29 is 18.3 Å². The van der Waals surface area contributed by atoms with Crippen molar-refractivity contribution in [3.8, 4) is 0 Å². The highest BCUT2D eigenvalue weighted by Gasteiger charge is 2.39. The molecule has 2 unspecified atom stereocenters. The van der Waals surface area contributed by atoms with Crippen LogP contribution in [0.15, 0.2) is 0 Å². The zero-order chi connectivity index (χ0) is 11.7. The molecule has 0 radical (unpaired) electrons. The summed E-state index contributed by atoms with van der Waals surface area (Å²) in [7, 11) is 0. The standard InChI is InChI=1S/C11H19F3O/c1-8-5-9(2)7-10(15,6-8)3-4-11(12,13)14/h8-9,15H,3-7H2,1-2H3. The smallest absolute Gasteiger partial charge is 0.389 e. The molecule has 0 heterocycles. The highest BCUT2D eigenvalue weighted by molar-refractivity contribution is 4.88. The summed E-state index contributed by atoms with van der Waals surface area (Å²) < 4.78 is 36.2. The second-order valence-electron chi connectivity index (χ2n) is 5.19. The molecule has 1 fully saturated rings. The van der Waals surface area contributed by atoms with E-state index >= 15 is 0 Å². The Kier molecular flexibility index (Phi) is 3.69. The second kappa shape index (κ2) is 4.32. The summed E-state index contributed by atoms with van der Waals surface area (Å²) >= 11 is 0. The fourth-order valence-corrected chi connectivity index (χ4v) is 2.81. The highest BCUT2D eigenvalue weighted by Crippen LogP contribution is 2.40. The monoisotopic (exact) mass is 224 g/mol. The van der Waals surface area contributed by atoms with Gasteiger partial charge < -0.3 is 5.11 Å². The SMILES string of the molecule is CC1CC(C)CC(O)(CCC(F)(F)F)C1. The summed E-state index contributed by atoms with van der Waals surface area (Å²) in [5, 5.41) is 10.1. The van der Waals surface area contributed by atoms with Gasteiger partial charge >= 0.3 is 6.18 Å². The molecule has 4 heteroatoms. The molecule has 0 aromatic carbocycles. The topological polar surface area (TPSA) is 20.2 Å². The van der Waals surface area contributed by atoms with Crippen LogP contribution in [0.3, 0.4) is 0 Å². The van der Waals surface area contributed by atoms with E-state index in [2.05, 4.69) is 0 Å². The average Bonchev–Trinajstić information content (AvgIpc) is 1.97. The van der Waals surface area contributed by atoms with Crippen molar-refractivity contribution in [2.75, 3.05) is 0 Å². The summed E-state index contributed by atoms with van der Waals surface area (Å²) in [5.41, 5.74) is -1.09. The number of rotatable bonds is 2. The van der Waals surface area contributed by atoms with Crippen LogP contribution in [-0.4, -0.2) is 16.9 Å². The van der Waals surface area contributed by atoms with Gasteiger partial charge in [-0.15, -0.1) is 0 Å². The number of alkyl halides is 3. The van der Waals surface area contributed by atoms with Crippen LogP contribution in [0.1, 0.15) is 46.0 Å². The van der Waals surface area contributed by atoms with Crippen molar-refractivity contribution in [1.29, 1.82) is 0 Å². The van der Waals surface area contributed by atoms with E-state index in [0.29, 0.717) is 24.7 Å². The zero-order valence-corrected chi connectivity index (χ0v) is 9.27. The summed E-state index contributed by atoms with van der Waals surface area (Å²) in [6.07, 6.45) is -3.15. The van der Waals surface area contributed by atoms with E-state index in [1.54, 1.807) is 0 Å². The van der Waals surface area contributed by atoms with Gasteiger partial charge in [0.25, 0.3) is 0 Å². The van der Waals surface area contributed by atoms with Gasteiger partial charge in [0, 0.05) is 6.42 Å². The molecule has 1 rings (SSSR count). The van der Waals surface area contributed by atoms with E-state index in [9.17, 15) is 18.3 Å². The first-order valence-electron chi connectivity index (χ1n) is 5.49. The van der Waals surface area contributed by atoms with Gasteiger partial charge in [0.15, 0.2) is 0 Å². The van der Waals surface area contributed by atoms with Crippen LogP contribution in [-0.2, 0) is 0 Å². The Balaban J connectivity index is 2.50. The second-order valence-corrected chi connectivity index (χ2v) is 5.19. The highest BCUT2D eigenvalue weighted by atomic mass is 19.4. The van der Waals surface area contributed by atoms with Crippen molar-refractivity contribution >= 4 is 0 Å². The molecule has 1 nitrogen and oxygen atoms in total. The van der Waals surface area contributed by atoms with Crippen molar-refractivity contribution in [2.24, 2.45) is 11.8 Å². The first kappa shape index (κ1) is 12.8. The minimum Gasteiger partial charge on any atom is -0.390 e. The zero-order valence-electron chi connectivity index (χ0n) is 9.27. The van der Waals surface area contributed by atoms with Crippen LogP contribution in [0, 0.1) is 11.8 Å². The minimum atomic E-state index is -4.15. The van der Waals surface area contributed by atoms with Gasteiger partial charge in [0.05, 0.1) is 5.60 Å². The Labute approximate surface area is 88.7 Å². The number of hydrogen-bond acceptors (Lipinski definition) is 1. The van der Waals surface area contributed by atoms with Crippen molar-refractivity contribution in [1.82, 2.24) is 0 Å². The number of aliphatic hydroxyl groups is 1. The molecule has 1 aliphatic rings. The van der Waals surface area contributed by atoms with Crippen LogP contribution < -0.4 is 0 Å². The van der Waals surface area contributed by atoms with E-state index in [0.717, 1.165) is 6.42 Å². The Bertz CT molecular complexity index is 202. The lowest BCUT2D eigenvalue weighted by Gasteiger charge is -2.39. The third-order valence-corrected chi connectivity index (χ3v) is 3.14. The lowest BCUT2D eigenvalue weighted by atomic mass is 9.72. The molecule has 0 aromatic rings. The molecule has 90 valence electrons. The normalized spacial score (nSPS) is 38.0. The Morgan fingerprint density at radius 2 is 1.67 bits per heavy atom. The fourth-order valence-electron chi connectivity index (χ4n) is 2.81. The van der Waals surface area contributed by atoms with Crippen molar-refractivity contribution in [3.05, 3.63) is 0 Å². The largest absolute Gasteiger partial charge is 0.390 e. The van der Waals surface area contributed by atoms with Gasteiger partial charge in [-0.3, -0.25) is 0 Å². The predicted octanol–water partition coefficient (Wildman–Crippen LogP) is 3.52. The molecule has 15 heavy (non-hydrogen) atoms. The van der Waals surface area contributed by atoms with Crippen LogP contribution in [0.5, 0.6) is 0 Å². The summed E-state index contributed by atoms with van der Waals surface area (Å²) in [4.78, 5) is 0. The molecule has 0 amide bonds. The Morgan fingerprint density at radius 1 is 1.20 bits per heavy atom. The molecule has 1 saturated carbocycles. The molecule has 0 bridgehead atoms. The molecular weight excluding hydrogens is 205 g/mol. The minimum absolute atomic E-state index is 0.148. The first-order chi connectivity index (χ1) is 6.70. The summed E-state index contributed by atoms with van der Waals surface area (Å²) in [5.74, 6) is 0.652. The lowest BCUT2D eigenvalue weighted by Crippen LogP contribution is -2.38. The van der Waals surface area contributed by atoms with Crippen LogP contribution in [0.4, 0.5) is 13.2 Å². The van der Waals surface area contributed by atoms with Gasteiger partial charge in [0.2, 0.25) is 0 Å². The van der Waals surface area contributed by atoms with Crippen molar-refractivity contribution in [3.63, 3.8) is 0 Å². The predicted molar refractivity (Wildman–Crippen MR) is 52.4 cm³/mol. The van der Waals surface area contributed by atoms with Crippen LogP contribution in [0.25, 0.3) is 0 Å². The third kappa shape index (κ3) is 4.41. The van der Waals surface area contributed by atoms with Crippen molar-refractivity contribution in [2.45, 2.75) is 57.7 Å². The molecule has 0 saturated heterocycles. The summed E-state index contributed by atoms with van der Waals surface area (Å²) in [6.45, 7) is 3.99. The van der Waals surface area contributed by atoms with E-state index in [1.807, 2.05) is 13.8 Å². The van der Waals surface area contributed by atoms with E-state index in [-0.39, 0.29) is 6.42 Å². The van der Waals surface area contributed by atoms with Gasteiger partial charge in [-0.2, -0.15) is 13.2 Å². The quantitative estimate of drug-likeness (QED) is 0.761. The lowest BCUT2D eigenvalue weighted by molar-refractivity contribution is -0.152. The van der Waals surface area contributed by atoms with Gasteiger partial charge in [0.1, 0.15) is 0 Å². The number of halogens is 3. The molecule has 1 N–H and O–H groups in total. The number of hydrogen-bond donors (Lipinski definition) is 1. The van der Waals surface area contributed by atoms with Gasteiger partial charge in [-0.25, -0.2) is 0 Å². The average molecular weight is 224 g/mol. The third-order valence-electron chi connectivity index (χ3n) is 3.14. The maximum absolute atomic E-state index is 12.1. The van der Waals surface area contributed by atoms with Crippen LogP contribution >= 0.6 is 0 Å². The van der Waals surface area contributed by atoms with E-state index in [1.165, 1.54) is 0 Å². The molecule has 2 atom stereocenters. The maximum atomic E-state index is 12.1. The summed E-state index contributed by atoms with van der Waals surface area (Å²) in [6, 6.07) is 0. The molecule has 1 aliphatic carbocycles. The maximum Gasteiger partial charge on any atom is 0.389 e. The molecule has 0 spiro atoms. The van der Waals surface area contributed by atoms with Gasteiger partial charge in [-0.1, -0.05) is 13.8 Å². The molecule has 0 aromatic heterocycles. The van der Waals surface area contributed by atoms with Crippen LogP contribution in [0.2, 0.25) is 0 Å². The fraction of sp³-hybridized carbons (Fsp3) is 1.00. The first-order valence-corrected chi connectivity index (χ1v) is 5.49. The van der Waals surface area contributed by atoms with Gasteiger partial charge in [-0.05, 0) is 37.5 Å². The Hall–Kier alpha value is -0.250. The molecular formula is C11H19F3O. The van der Waals surface area contributed by atoms with E-state index < -0.39 is 18.2 Å².